The van der Waals surface area contributed by atoms with E-state index in [4.69, 9.17) is 0 Å². The lowest BCUT2D eigenvalue weighted by molar-refractivity contribution is 0.147. The largest absolute Gasteiger partial charge is 0.396 e. The predicted octanol–water partition coefficient (Wildman–Crippen LogP) is 3.19. The Hall–Kier alpha value is -0.380. The van der Waals surface area contributed by atoms with Crippen molar-refractivity contribution in [3.63, 3.8) is 0 Å². The average Bonchev–Trinajstić information content (AvgIpc) is 2.33. The summed E-state index contributed by atoms with van der Waals surface area (Å²) in [6.07, 6.45) is 1.05. The third kappa shape index (κ3) is 5.51. The highest BCUT2D eigenvalue weighted by Crippen LogP contribution is 2.14. The Morgan fingerprint density at radius 3 is 2.61 bits per heavy atom. The smallest absolute Gasteiger partial charge is 0.0473 e. The summed E-state index contributed by atoms with van der Waals surface area (Å²) in [7, 11) is 2.13. The number of halogens is 1. The van der Waals surface area contributed by atoms with Gasteiger partial charge in [0.05, 0.1) is 0 Å². The molecular weight excluding hydrogens is 290 g/mol. The van der Waals surface area contributed by atoms with E-state index in [0.29, 0.717) is 11.8 Å². The highest BCUT2D eigenvalue weighted by molar-refractivity contribution is 9.10. The van der Waals surface area contributed by atoms with Gasteiger partial charge in [-0.15, -0.1) is 0 Å². The van der Waals surface area contributed by atoms with Gasteiger partial charge in [-0.25, -0.2) is 0 Å². The van der Waals surface area contributed by atoms with E-state index in [0.717, 1.165) is 24.0 Å². The summed E-state index contributed by atoms with van der Waals surface area (Å²) in [5.41, 5.74) is 1.35. The van der Waals surface area contributed by atoms with Gasteiger partial charge in [-0.3, -0.25) is 0 Å². The van der Waals surface area contributed by atoms with Crippen LogP contribution in [-0.2, 0) is 6.42 Å². The molecule has 0 heterocycles. The number of nitrogens with zero attached hydrogens (tertiary/aromatic N) is 1. The zero-order valence-electron chi connectivity index (χ0n) is 11.6. The van der Waals surface area contributed by atoms with Crippen LogP contribution in [-0.4, -0.2) is 36.8 Å². The molecule has 18 heavy (non-hydrogen) atoms. The summed E-state index contributed by atoms with van der Waals surface area (Å²) in [6.45, 7) is 6.60. The lowest BCUT2D eigenvalue weighted by Crippen LogP contribution is -2.32. The lowest BCUT2D eigenvalue weighted by atomic mass is 9.96. The normalized spacial score (nSPS) is 13.3. The van der Waals surface area contributed by atoms with Gasteiger partial charge >= 0.3 is 0 Å². The molecule has 1 rings (SSSR count). The molecule has 0 aromatic heterocycles. The molecule has 0 saturated carbocycles. The van der Waals surface area contributed by atoms with E-state index in [9.17, 15) is 5.11 Å². The topological polar surface area (TPSA) is 23.5 Å². The van der Waals surface area contributed by atoms with Crippen LogP contribution in [0.1, 0.15) is 19.4 Å². The Kier molecular flexibility index (Phi) is 6.90. The number of aliphatic hydroxyl groups excluding tert-OH is 1. The predicted molar refractivity (Wildman–Crippen MR) is 80.8 cm³/mol. The monoisotopic (exact) mass is 313 g/mol. The number of likely N-dealkylation sites (N-methyl/N-ethyl adjacent to an activating group) is 1. The minimum absolute atomic E-state index is 0.277. The molecule has 1 N–H and O–H groups in total. The number of hydrogen-bond acceptors (Lipinski definition) is 2. The minimum Gasteiger partial charge on any atom is -0.396 e. The molecule has 0 spiro atoms. The van der Waals surface area contributed by atoms with E-state index < -0.39 is 0 Å². The number of rotatable bonds is 7. The van der Waals surface area contributed by atoms with Crippen LogP contribution < -0.4 is 0 Å². The maximum absolute atomic E-state index is 9.33. The Labute approximate surface area is 119 Å². The van der Waals surface area contributed by atoms with Crippen molar-refractivity contribution in [2.45, 2.75) is 20.3 Å². The fourth-order valence-electron chi connectivity index (χ4n) is 1.98. The molecule has 1 unspecified atom stereocenters. The minimum atomic E-state index is 0.277. The summed E-state index contributed by atoms with van der Waals surface area (Å²) < 4.78 is 1.14. The Morgan fingerprint density at radius 2 is 2.06 bits per heavy atom. The van der Waals surface area contributed by atoms with Crippen molar-refractivity contribution < 1.29 is 5.11 Å². The maximum atomic E-state index is 9.33. The van der Waals surface area contributed by atoms with Crippen LogP contribution in [0.3, 0.4) is 0 Å². The van der Waals surface area contributed by atoms with E-state index in [-0.39, 0.29) is 6.61 Å². The van der Waals surface area contributed by atoms with Crippen LogP contribution >= 0.6 is 15.9 Å². The van der Waals surface area contributed by atoms with E-state index in [2.05, 4.69) is 59.9 Å². The van der Waals surface area contributed by atoms with Gasteiger partial charge in [0.2, 0.25) is 0 Å². The van der Waals surface area contributed by atoms with E-state index >= 15 is 0 Å². The van der Waals surface area contributed by atoms with Crippen LogP contribution in [0.15, 0.2) is 28.7 Å². The summed E-state index contributed by atoms with van der Waals surface area (Å²) in [5.74, 6) is 0.904. The van der Waals surface area contributed by atoms with Crippen LogP contribution in [0, 0.1) is 11.8 Å². The Morgan fingerprint density at radius 1 is 1.33 bits per heavy atom. The third-order valence-electron chi connectivity index (χ3n) is 3.39. The van der Waals surface area contributed by atoms with Gasteiger partial charge in [-0.1, -0.05) is 41.9 Å². The van der Waals surface area contributed by atoms with Gasteiger partial charge < -0.3 is 10.0 Å². The second-order valence-corrected chi connectivity index (χ2v) is 6.24. The van der Waals surface area contributed by atoms with Crippen molar-refractivity contribution in [3.05, 3.63) is 34.3 Å². The van der Waals surface area contributed by atoms with Gasteiger partial charge in [0.25, 0.3) is 0 Å². The van der Waals surface area contributed by atoms with Crippen LogP contribution in [0.4, 0.5) is 0 Å². The first-order valence-electron chi connectivity index (χ1n) is 6.56. The fourth-order valence-corrected chi connectivity index (χ4v) is 2.43. The Bertz CT molecular complexity index is 354. The van der Waals surface area contributed by atoms with Gasteiger partial charge in [-0.2, -0.15) is 0 Å². The first-order chi connectivity index (χ1) is 8.52. The summed E-state index contributed by atoms with van der Waals surface area (Å²) >= 11 is 3.49. The first kappa shape index (κ1) is 15.7. The van der Waals surface area contributed by atoms with Crippen molar-refractivity contribution in [1.82, 2.24) is 4.90 Å². The number of benzene rings is 1. The highest BCUT2D eigenvalue weighted by Gasteiger charge is 2.14. The molecule has 0 amide bonds. The number of hydrogen-bond donors (Lipinski definition) is 1. The summed E-state index contributed by atoms with van der Waals surface area (Å²) in [4.78, 5) is 2.31. The van der Waals surface area contributed by atoms with Crippen molar-refractivity contribution >= 4 is 15.9 Å². The van der Waals surface area contributed by atoms with E-state index in [1.54, 1.807) is 0 Å². The molecule has 1 aromatic carbocycles. The van der Waals surface area contributed by atoms with E-state index in [1.165, 1.54) is 5.56 Å². The molecule has 0 saturated heterocycles. The number of aliphatic hydroxyl groups is 1. The Balaban J connectivity index is 2.39. The molecule has 1 atom stereocenters. The van der Waals surface area contributed by atoms with Crippen LogP contribution in [0.5, 0.6) is 0 Å². The van der Waals surface area contributed by atoms with Gasteiger partial charge in [0, 0.05) is 24.2 Å². The van der Waals surface area contributed by atoms with Crippen molar-refractivity contribution in [1.29, 1.82) is 0 Å². The molecule has 0 aliphatic carbocycles. The maximum Gasteiger partial charge on any atom is 0.0473 e. The molecule has 0 radical (unpaired) electrons. The zero-order valence-corrected chi connectivity index (χ0v) is 13.2. The second-order valence-electron chi connectivity index (χ2n) is 5.33. The van der Waals surface area contributed by atoms with Crippen molar-refractivity contribution in [3.8, 4) is 0 Å². The molecule has 0 aliphatic heterocycles. The molecule has 102 valence electrons. The third-order valence-corrected chi connectivity index (χ3v) is 3.89. The summed E-state index contributed by atoms with van der Waals surface area (Å²) in [6, 6.07) is 8.45. The molecule has 1 aromatic rings. The lowest BCUT2D eigenvalue weighted by Gasteiger charge is -2.25. The van der Waals surface area contributed by atoms with Crippen molar-refractivity contribution in [2.75, 3.05) is 26.7 Å². The van der Waals surface area contributed by atoms with Crippen LogP contribution in [0.25, 0.3) is 0 Å². The van der Waals surface area contributed by atoms with Gasteiger partial charge in [0.15, 0.2) is 0 Å². The standard InChI is InChI=1S/C15H24BrNO/c1-12(2)14(11-18)10-17(3)8-7-13-5-4-6-15(16)9-13/h4-6,9,12,14,18H,7-8,10-11H2,1-3H3. The van der Waals surface area contributed by atoms with Crippen molar-refractivity contribution in [2.24, 2.45) is 11.8 Å². The first-order valence-corrected chi connectivity index (χ1v) is 7.36. The second kappa shape index (κ2) is 7.93. The quantitative estimate of drug-likeness (QED) is 0.835. The highest BCUT2D eigenvalue weighted by atomic mass is 79.9. The molecule has 3 heteroatoms. The van der Waals surface area contributed by atoms with Crippen LogP contribution in [0.2, 0.25) is 0 Å². The molecular formula is C15H24BrNO. The molecule has 0 aliphatic rings. The average molecular weight is 314 g/mol. The SMILES string of the molecule is CC(C)C(CO)CN(C)CCc1cccc(Br)c1. The summed E-state index contributed by atoms with van der Waals surface area (Å²) in [5, 5.41) is 9.33. The van der Waals surface area contributed by atoms with Gasteiger partial charge in [-0.05, 0) is 43.0 Å². The molecule has 2 nitrogen and oxygen atoms in total. The molecule has 0 bridgehead atoms. The van der Waals surface area contributed by atoms with E-state index in [1.807, 2.05) is 6.07 Å². The van der Waals surface area contributed by atoms with Gasteiger partial charge in [0.1, 0.15) is 0 Å². The molecule has 0 fully saturated rings. The fraction of sp³-hybridized carbons (Fsp3) is 0.600. The zero-order chi connectivity index (χ0) is 13.5.